The second-order valence-electron chi connectivity index (χ2n) is 5.38. The van der Waals surface area contributed by atoms with Gasteiger partial charge in [-0.1, -0.05) is 24.3 Å². The second kappa shape index (κ2) is 6.75. The molecule has 1 heterocycles. The van der Waals surface area contributed by atoms with Crippen molar-refractivity contribution in [3.63, 3.8) is 0 Å². The molecule has 1 aromatic heterocycles. The molecule has 0 spiro atoms. The third kappa shape index (κ3) is 3.47. The molecular weight excluding hydrogens is 304 g/mol. The molecule has 0 saturated heterocycles. The Hall–Kier alpha value is -3.46. The molecule has 0 bridgehead atoms. The number of nitro benzene ring substituents is 1. The lowest BCUT2D eigenvalue weighted by atomic mass is 10.1. The summed E-state index contributed by atoms with van der Waals surface area (Å²) in [6, 6.07) is 16.1. The molecule has 0 aliphatic rings. The van der Waals surface area contributed by atoms with Crippen LogP contribution in [0.15, 0.2) is 60.9 Å². The standard InChI is InChI=1S/C18H14N4O2/c19-12-14-4-6-15(7-5-14)13-21-9-8-20-18(21)11-16-2-1-3-17(10-16)22(23)24/h1-10H,11,13H2. The highest BCUT2D eigenvalue weighted by Crippen LogP contribution is 2.16. The van der Waals surface area contributed by atoms with E-state index in [4.69, 9.17) is 5.26 Å². The normalized spacial score (nSPS) is 10.3. The van der Waals surface area contributed by atoms with E-state index in [1.807, 2.05) is 29.0 Å². The minimum atomic E-state index is -0.396. The van der Waals surface area contributed by atoms with Crippen LogP contribution in [0, 0.1) is 21.4 Å². The molecule has 6 heteroatoms. The maximum atomic E-state index is 10.9. The molecule has 0 atom stereocenters. The van der Waals surface area contributed by atoms with E-state index in [0.717, 1.165) is 17.0 Å². The van der Waals surface area contributed by atoms with Crippen LogP contribution in [0.5, 0.6) is 0 Å². The SMILES string of the molecule is N#Cc1ccc(Cn2ccnc2Cc2cccc([N+](=O)[O-])c2)cc1. The Morgan fingerprint density at radius 2 is 1.96 bits per heavy atom. The van der Waals surface area contributed by atoms with E-state index >= 15 is 0 Å². The maximum Gasteiger partial charge on any atom is 0.269 e. The highest BCUT2D eigenvalue weighted by molar-refractivity contribution is 5.36. The summed E-state index contributed by atoms with van der Waals surface area (Å²) in [5, 5.41) is 19.7. The van der Waals surface area contributed by atoms with Gasteiger partial charge in [0.15, 0.2) is 0 Å². The minimum absolute atomic E-state index is 0.0812. The fraction of sp³-hybridized carbons (Fsp3) is 0.111. The van der Waals surface area contributed by atoms with E-state index in [2.05, 4.69) is 11.1 Å². The summed E-state index contributed by atoms with van der Waals surface area (Å²) in [4.78, 5) is 14.8. The lowest BCUT2D eigenvalue weighted by Gasteiger charge is -2.08. The number of nitriles is 1. The average Bonchev–Trinajstić information content (AvgIpc) is 3.02. The topological polar surface area (TPSA) is 84.8 Å². The summed E-state index contributed by atoms with van der Waals surface area (Å²) in [5.74, 6) is 0.833. The summed E-state index contributed by atoms with van der Waals surface area (Å²) >= 11 is 0. The first-order valence-corrected chi connectivity index (χ1v) is 7.38. The zero-order valence-electron chi connectivity index (χ0n) is 12.8. The molecule has 0 aliphatic carbocycles. The first-order chi connectivity index (χ1) is 11.7. The summed E-state index contributed by atoms with van der Waals surface area (Å²) in [6.45, 7) is 0.635. The van der Waals surface area contributed by atoms with Gasteiger partial charge in [0.25, 0.3) is 5.69 Å². The first kappa shape index (κ1) is 15.4. The van der Waals surface area contributed by atoms with Crippen LogP contribution in [0.3, 0.4) is 0 Å². The van der Waals surface area contributed by atoms with Gasteiger partial charge in [-0.05, 0) is 23.3 Å². The highest BCUT2D eigenvalue weighted by atomic mass is 16.6. The van der Waals surface area contributed by atoms with Gasteiger partial charge in [0.1, 0.15) is 5.82 Å². The fourth-order valence-corrected chi connectivity index (χ4v) is 2.50. The van der Waals surface area contributed by atoms with Gasteiger partial charge in [-0.2, -0.15) is 5.26 Å². The van der Waals surface area contributed by atoms with Crippen LogP contribution in [0.4, 0.5) is 5.69 Å². The predicted molar refractivity (Wildman–Crippen MR) is 88.4 cm³/mol. The van der Waals surface area contributed by atoms with Gasteiger partial charge in [0, 0.05) is 37.5 Å². The van der Waals surface area contributed by atoms with Crippen molar-refractivity contribution in [3.05, 3.63) is 93.6 Å². The third-order valence-electron chi connectivity index (χ3n) is 3.72. The van der Waals surface area contributed by atoms with Crippen molar-refractivity contribution in [2.75, 3.05) is 0 Å². The van der Waals surface area contributed by atoms with Crippen LogP contribution in [0.25, 0.3) is 0 Å². The quantitative estimate of drug-likeness (QED) is 0.533. The van der Waals surface area contributed by atoms with E-state index in [1.165, 1.54) is 6.07 Å². The molecule has 0 amide bonds. The molecule has 0 aliphatic heterocycles. The largest absolute Gasteiger partial charge is 0.330 e. The number of nitrogens with zero attached hydrogens (tertiary/aromatic N) is 4. The van der Waals surface area contributed by atoms with Crippen LogP contribution in [-0.2, 0) is 13.0 Å². The molecule has 24 heavy (non-hydrogen) atoms. The van der Waals surface area contributed by atoms with Crippen LogP contribution < -0.4 is 0 Å². The van der Waals surface area contributed by atoms with Gasteiger partial charge in [-0.3, -0.25) is 10.1 Å². The van der Waals surface area contributed by atoms with Crippen LogP contribution >= 0.6 is 0 Å². The number of nitro groups is 1. The van der Waals surface area contributed by atoms with Crippen molar-refractivity contribution in [1.29, 1.82) is 5.26 Å². The van der Waals surface area contributed by atoms with Gasteiger partial charge in [-0.15, -0.1) is 0 Å². The van der Waals surface area contributed by atoms with E-state index in [-0.39, 0.29) is 5.69 Å². The molecule has 0 unspecified atom stereocenters. The zero-order chi connectivity index (χ0) is 16.9. The molecule has 118 valence electrons. The predicted octanol–water partition coefficient (Wildman–Crippen LogP) is 3.30. The van der Waals surface area contributed by atoms with Crippen molar-refractivity contribution >= 4 is 5.69 Å². The van der Waals surface area contributed by atoms with Gasteiger partial charge >= 0.3 is 0 Å². The third-order valence-corrected chi connectivity index (χ3v) is 3.72. The molecule has 6 nitrogen and oxygen atoms in total. The Morgan fingerprint density at radius 3 is 2.67 bits per heavy atom. The summed E-state index contributed by atoms with van der Waals surface area (Å²) in [5.41, 5.74) is 2.61. The van der Waals surface area contributed by atoms with E-state index in [9.17, 15) is 10.1 Å². The maximum absolute atomic E-state index is 10.9. The lowest BCUT2D eigenvalue weighted by Crippen LogP contribution is -2.05. The van der Waals surface area contributed by atoms with Crippen molar-refractivity contribution < 1.29 is 4.92 Å². The molecular formula is C18H14N4O2. The van der Waals surface area contributed by atoms with Crippen LogP contribution in [-0.4, -0.2) is 14.5 Å². The number of imidazole rings is 1. The van der Waals surface area contributed by atoms with Gasteiger partial charge in [0.2, 0.25) is 0 Å². The molecule has 0 N–H and O–H groups in total. The molecule has 0 fully saturated rings. The molecule has 2 aromatic carbocycles. The number of rotatable bonds is 5. The van der Waals surface area contributed by atoms with E-state index in [1.54, 1.807) is 30.5 Å². The van der Waals surface area contributed by atoms with Crippen LogP contribution in [0.2, 0.25) is 0 Å². The Labute approximate surface area is 138 Å². The van der Waals surface area contributed by atoms with E-state index < -0.39 is 4.92 Å². The number of non-ortho nitro benzene ring substituents is 1. The summed E-state index contributed by atoms with van der Waals surface area (Å²) < 4.78 is 2.00. The highest BCUT2D eigenvalue weighted by Gasteiger charge is 2.09. The van der Waals surface area contributed by atoms with Gasteiger partial charge in [0.05, 0.1) is 16.6 Å². The first-order valence-electron chi connectivity index (χ1n) is 7.38. The second-order valence-corrected chi connectivity index (χ2v) is 5.38. The monoisotopic (exact) mass is 318 g/mol. The molecule has 3 aromatic rings. The summed E-state index contributed by atoms with van der Waals surface area (Å²) in [6.07, 6.45) is 4.12. The average molecular weight is 318 g/mol. The molecule has 0 radical (unpaired) electrons. The minimum Gasteiger partial charge on any atom is -0.330 e. The van der Waals surface area contributed by atoms with Crippen molar-refractivity contribution in [2.45, 2.75) is 13.0 Å². The lowest BCUT2D eigenvalue weighted by molar-refractivity contribution is -0.384. The zero-order valence-corrected chi connectivity index (χ0v) is 12.8. The van der Waals surface area contributed by atoms with Crippen molar-refractivity contribution in [2.24, 2.45) is 0 Å². The molecule has 0 saturated carbocycles. The van der Waals surface area contributed by atoms with Crippen molar-refractivity contribution in [3.8, 4) is 6.07 Å². The Bertz CT molecular complexity index is 907. The number of benzene rings is 2. The fourth-order valence-electron chi connectivity index (χ4n) is 2.50. The van der Waals surface area contributed by atoms with Gasteiger partial charge < -0.3 is 4.57 Å². The van der Waals surface area contributed by atoms with Crippen molar-refractivity contribution in [1.82, 2.24) is 9.55 Å². The van der Waals surface area contributed by atoms with E-state index in [0.29, 0.717) is 18.5 Å². The van der Waals surface area contributed by atoms with Crippen LogP contribution in [0.1, 0.15) is 22.5 Å². The Balaban J connectivity index is 1.79. The molecule has 3 rings (SSSR count). The number of hydrogen-bond acceptors (Lipinski definition) is 4. The Kier molecular flexibility index (Phi) is 4.34. The number of hydrogen-bond donors (Lipinski definition) is 0. The smallest absolute Gasteiger partial charge is 0.269 e. The Morgan fingerprint density at radius 1 is 1.17 bits per heavy atom. The van der Waals surface area contributed by atoms with Gasteiger partial charge in [-0.25, -0.2) is 4.98 Å². The number of aromatic nitrogens is 2. The summed E-state index contributed by atoms with van der Waals surface area (Å²) in [7, 11) is 0.